The molecule has 35 heavy (non-hydrogen) atoms. The third kappa shape index (κ3) is 5.02. The molecule has 182 valence electrons. The maximum Gasteiger partial charge on any atom is 0.416 e. The highest BCUT2D eigenvalue weighted by molar-refractivity contribution is 6.74. The van der Waals surface area contributed by atoms with Crippen molar-refractivity contribution in [3.05, 3.63) is 77.9 Å². The molecule has 0 saturated carbocycles. The van der Waals surface area contributed by atoms with E-state index in [1.165, 1.54) is 12.1 Å². The zero-order valence-corrected chi connectivity index (χ0v) is 21.2. The maximum absolute atomic E-state index is 13.1. The second-order valence-corrected chi connectivity index (χ2v) is 14.8. The number of amides is 1. The lowest BCUT2D eigenvalue weighted by molar-refractivity contribution is -0.137. The van der Waals surface area contributed by atoms with Gasteiger partial charge < -0.3 is 9.74 Å². The summed E-state index contributed by atoms with van der Waals surface area (Å²) in [5.74, 6) is 0.299. The van der Waals surface area contributed by atoms with Crippen molar-refractivity contribution in [1.29, 1.82) is 0 Å². The van der Waals surface area contributed by atoms with Gasteiger partial charge in [-0.1, -0.05) is 57.2 Å². The Kier molecular flexibility index (Phi) is 6.13. The molecule has 0 bridgehead atoms. The van der Waals surface area contributed by atoms with Gasteiger partial charge in [-0.25, -0.2) is 4.99 Å². The van der Waals surface area contributed by atoms with Gasteiger partial charge >= 0.3 is 6.18 Å². The van der Waals surface area contributed by atoms with Crippen LogP contribution in [0.5, 0.6) is 5.75 Å². The second kappa shape index (κ2) is 8.68. The first-order valence-electron chi connectivity index (χ1n) is 11.3. The minimum Gasteiger partial charge on any atom is -0.543 e. The van der Waals surface area contributed by atoms with Crippen LogP contribution in [0, 0.1) is 0 Å². The highest BCUT2D eigenvalue weighted by Gasteiger charge is 2.39. The van der Waals surface area contributed by atoms with Crippen LogP contribution >= 0.6 is 0 Å². The van der Waals surface area contributed by atoms with E-state index in [0.717, 1.165) is 29.0 Å². The van der Waals surface area contributed by atoms with Gasteiger partial charge in [0, 0.05) is 11.1 Å². The molecule has 0 aromatic heterocycles. The molecule has 1 N–H and O–H groups in total. The molecule has 3 aromatic carbocycles. The van der Waals surface area contributed by atoms with Crippen LogP contribution in [0.3, 0.4) is 0 Å². The molecule has 1 amide bonds. The molecule has 1 heterocycles. The fourth-order valence-electron chi connectivity index (χ4n) is 3.59. The molecule has 0 atom stereocenters. The molecule has 0 fully saturated rings. The summed E-state index contributed by atoms with van der Waals surface area (Å²) in [4.78, 5) is 17.1. The summed E-state index contributed by atoms with van der Waals surface area (Å²) in [5, 5.41) is 2.89. The summed E-state index contributed by atoms with van der Waals surface area (Å²) in [5.41, 5.74) is 2.09. The Morgan fingerprint density at radius 3 is 2.23 bits per heavy atom. The molecule has 4 rings (SSSR count). The normalized spacial score (nSPS) is 15.2. The minimum atomic E-state index is -4.49. The molecule has 3 aromatic rings. The average Bonchev–Trinajstić information content (AvgIpc) is 3.07. The fourth-order valence-corrected chi connectivity index (χ4v) is 4.61. The van der Waals surface area contributed by atoms with E-state index >= 15 is 0 Å². The Bertz CT molecular complexity index is 1320. The smallest absolute Gasteiger partial charge is 0.416 e. The highest BCUT2D eigenvalue weighted by Crippen LogP contribution is 2.40. The summed E-state index contributed by atoms with van der Waals surface area (Å²) in [6, 6.07) is 17.8. The van der Waals surface area contributed by atoms with Crippen molar-refractivity contribution in [1.82, 2.24) is 0 Å². The van der Waals surface area contributed by atoms with Gasteiger partial charge in [0.15, 0.2) is 0 Å². The van der Waals surface area contributed by atoms with Gasteiger partial charge in [-0.2, -0.15) is 13.2 Å². The number of hydrogen-bond donors (Lipinski definition) is 1. The molecular weight excluding hydrogens is 469 g/mol. The van der Waals surface area contributed by atoms with E-state index in [9.17, 15) is 18.0 Å². The number of anilines is 1. The SMILES string of the molecule is CC(C)(C)[Si](C)(C)Oc1cccc(-c2cccc3c2NC(=O)C3=Nc2cccc(C(F)(F)F)c2)c1. The van der Waals surface area contributed by atoms with Gasteiger partial charge in [0.05, 0.1) is 16.9 Å². The highest BCUT2D eigenvalue weighted by atomic mass is 28.4. The second-order valence-electron chi connectivity index (χ2n) is 10.1. The lowest BCUT2D eigenvalue weighted by atomic mass is 10.00. The molecule has 0 unspecified atom stereocenters. The first-order valence-corrected chi connectivity index (χ1v) is 14.2. The standard InChI is InChI=1S/C27H27F3N2O2Si/c1-26(2,3)35(4,5)34-20-12-6-9-17(15-20)21-13-8-14-22-23(21)32-25(33)24(22)31-19-11-7-10-18(16-19)27(28,29)30/h6-16H,1-5H3,(H,31,32,33). The lowest BCUT2D eigenvalue weighted by Crippen LogP contribution is -2.43. The quantitative estimate of drug-likeness (QED) is 0.374. The number of halogens is 3. The molecule has 0 spiro atoms. The topological polar surface area (TPSA) is 50.7 Å². The number of fused-ring (bicyclic) bond motifs is 1. The predicted molar refractivity (Wildman–Crippen MR) is 136 cm³/mol. The number of carbonyl (C=O) groups is 1. The number of benzene rings is 3. The van der Waals surface area contributed by atoms with Crippen molar-refractivity contribution in [3.63, 3.8) is 0 Å². The monoisotopic (exact) mass is 496 g/mol. The van der Waals surface area contributed by atoms with Crippen molar-refractivity contribution in [2.24, 2.45) is 4.99 Å². The summed E-state index contributed by atoms with van der Waals surface area (Å²) >= 11 is 0. The molecule has 8 heteroatoms. The third-order valence-corrected chi connectivity index (χ3v) is 10.9. The van der Waals surface area contributed by atoms with E-state index < -0.39 is 26.0 Å². The van der Waals surface area contributed by atoms with Crippen LogP contribution in [-0.4, -0.2) is 19.9 Å². The van der Waals surface area contributed by atoms with Crippen LogP contribution in [0.25, 0.3) is 11.1 Å². The van der Waals surface area contributed by atoms with E-state index in [0.29, 0.717) is 11.3 Å². The molecule has 4 nitrogen and oxygen atoms in total. The van der Waals surface area contributed by atoms with Crippen molar-refractivity contribution in [2.75, 3.05) is 5.32 Å². The molecule has 1 aliphatic rings. The van der Waals surface area contributed by atoms with Crippen LogP contribution in [0.2, 0.25) is 18.1 Å². The fraction of sp³-hybridized carbons (Fsp3) is 0.259. The summed E-state index contributed by atoms with van der Waals surface area (Å²) in [7, 11) is -2.04. The van der Waals surface area contributed by atoms with Gasteiger partial charge in [-0.05, 0) is 54.0 Å². The number of nitrogens with one attached hydrogen (secondary N) is 1. The summed E-state index contributed by atoms with van der Waals surface area (Å²) < 4.78 is 45.8. The molecular formula is C27H27F3N2O2Si. The number of para-hydroxylation sites is 1. The van der Waals surface area contributed by atoms with Crippen LogP contribution in [-0.2, 0) is 11.0 Å². The van der Waals surface area contributed by atoms with Gasteiger partial charge in [0.25, 0.3) is 5.91 Å². The van der Waals surface area contributed by atoms with Crippen LogP contribution in [0.15, 0.2) is 71.7 Å². The van der Waals surface area contributed by atoms with Crippen LogP contribution < -0.4 is 9.74 Å². The Hall–Kier alpha value is -3.39. The number of nitrogens with zero attached hydrogens (tertiary/aromatic N) is 1. The Labute approximate surface area is 204 Å². The Morgan fingerprint density at radius 2 is 1.54 bits per heavy atom. The van der Waals surface area contributed by atoms with Crippen molar-refractivity contribution < 1.29 is 22.4 Å². The lowest BCUT2D eigenvalue weighted by Gasteiger charge is -2.36. The molecule has 0 radical (unpaired) electrons. The Balaban J connectivity index is 1.72. The van der Waals surface area contributed by atoms with E-state index in [1.807, 2.05) is 30.3 Å². The van der Waals surface area contributed by atoms with Gasteiger partial charge in [0.1, 0.15) is 11.5 Å². The Morgan fingerprint density at radius 1 is 0.886 bits per heavy atom. The predicted octanol–water partition coefficient (Wildman–Crippen LogP) is 7.83. The molecule has 0 saturated heterocycles. The summed E-state index contributed by atoms with van der Waals surface area (Å²) in [6.07, 6.45) is -4.49. The van der Waals surface area contributed by atoms with Gasteiger partial charge in [0.2, 0.25) is 8.32 Å². The minimum absolute atomic E-state index is 0.0414. The number of carbonyl (C=O) groups excluding carboxylic acids is 1. The average molecular weight is 497 g/mol. The summed E-state index contributed by atoms with van der Waals surface area (Å²) in [6.45, 7) is 10.9. The number of hydrogen-bond acceptors (Lipinski definition) is 3. The third-order valence-electron chi connectivity index (χ3n) is 6.51. The number of alkyl halides is 3. The number of rotatable bonds is 4. The maximum atomic E-state index is 13.1. The van der Waals surface area contributed by atoms with Crippen molar-refractivity contribution in [3.8, 4) is 16.9 Å². The van der Waals surface area contributed by atoms with Gasteiger partial charge in [-0.15, -0.1) is 0 Å². The first kappa shape index (κ1) is 24.7. The van der Waals surface area contributed by atoms with Crippen molar-refractivity contribution >= 4 is 31.3 Å². The molecule has 0 aliphatic carbocycles. The zero-order chi connectivity index (χ0) is 25.6. The van der Waals surface area contributed by atoms with Crippen molar-refractivity contribution in [2.45, 2.75) is 45.1 Å². The zero-order valence-electron chi connectivity index (χ0n) is 20.2. The van der Waals surface area contributed by atoms with Gasteiger partial charge in [-0.3, -0.25) is 4.79 Å². The van der Waals surface area contributed by atoms with Crippen LogP contribution in [0.4, 0.5) is 24.5 Å². The number of aliphatic imine (C=N–C) groups is 1. The molecule has 1 aliphatic heterocycles. The van der Waals surface area contributed by atoms with E-state index in [-0.39, 0.29) is 16.4 Å². The van der Waals surface area contributed by atoms with E-state index in [4.69, 9.17) is 4.43 Å². The van der Waals surface area contributed by atoms with Crippen LogP contribution in [0.1, 0.15) is 31.9 Å². The van der Waals surface area contributed by atoms with E-state index in [1.54, 1.807) is 12.1 Å². The largest absolute Gasteiger partial charge is 0.543 e. The van der Waals surface area contributed by atoms with E-state index in [2.05, 4.69) is 44.2 Å². The first-order chi connectivity index (χ1) is 16.3.